The maximum absolute atomic E-state index is 11.0. The summed E-state index contributed by atoms with van der Waals surface area (Å²) in [4.78, 5) is 21.5. The number of cyclic esters (lactones) is 1. The smallest absolute Gasteiger partial charge is 0.556 e. The van der Waals surface area contributed by atoms with Crippen molar-refractivity contribution in [2.45, 2.75) is 6.10 Å². The largest absolute Gasteiger partial charge is 1.00 e. The van der Waals surface area contributed by atoms with Crippen molar-refractivity contribution >= 4 is 23.3 Å². The maximum atomic E-state index is 11.0. The Hall–Kier alpha value is -0.360. The van der Waals surface area contributed by atoms with Crippen LogP contribution in [0.1, 0.15) is 11.7 Å². The zero-order chi connectivity index (χ0) is 8.55. The molecule has 1 atom stereocenters. The molecule has 2 rings (SSSR count). The SMILES string of the molecule is O=C1[N-]C(=O)C(c2ccsc2)O1.[Na+]. The Bertz CT molecular complexity index is 324. The summed E-state index contributed by atoms with van der Waals surface area (Å²) in [5.41, 5.74) is 0.694. The standard InChI is InChI=1S/C7H5NO3S.Na/c9-6-5(11-7(10)8-6)4-1-2-12-3-4;/h1-3,5H,(H,8,9,10);/q;+1/p-1. The first-order valence-corrected chi connectivity index (χ1v) is 4.20. The van der Waals surface area contributed by atoms with Gasteiger partial charge >= 0.3 is 29.6 Å². The Kier molecular flexibility index (Phi) is 3.49. The van der Waals surface area contributed by atoms with Gasteiger partial charge in [0, 0.05) is 5.56 Å². The van der Waals surface area contributed by atoms with Gasteiger partial charge in [-0.25, -0.2) is 0 Å². The molecule has 1 saturated heterocycles. The van der Waals surface area contributed by atoms with Gasteiger partial charge in [-0.1, -0.05) is 0 Å². The number of hydrogen-bond donors (Lipinski definition) is 0. The Labute approximate surface area is 101 Å². The molecule has 2 heterocycles. The molecule has 0 aromatic carbocycles. The number of nitrogens with zero attached hydrogens (tertiary/aromatic N) is 1. The summed E-state index contributed by atoms with van der Waals surface area (Å²) in [5, 5.41) is 6.71. The van der Waals surface area contributed by atoms with E-state index in [9.17, 15) is 9.59 Å². The number of imide groups is 1. The molecule has 1 aromatic heterocycles. The van der Waals surface area contributed by atoms with Gasteiger partial charge in [0.2, 0.25) is 6.09 Å². The molecule has 0 bridgehead atoms. The van der Waals surface area contributed by atoms with Crippen LogP contribution in [0.25, 0.3) is 5.32 Å². The molecule has 0 aliphatic carbocycles. The molecule has 13 heavy (non-hydrogen) atoms. The molecule has 0 radical (unpaired) electrons. The van der Waals surface area contributed by atoms with Gasteiger partial charge in [0.15, 0.2) is 6.10 Å². The van der Waals surface area contributed by atoms with Gasteiger partial charge in [-0.15, -0.1) is 0 Å². The molecule has 0 spiro atoms. The second kappa shape index (κ2) is 4.23. The molecule has 4 nitrogen and oxygen atoms in total. The molecule has 62 valence electrons. The van der Waals surface area contributed by atoms with E-state index in [4.69, 9.17) is 0 Å². The van der Waals surface area contributed by atoms with E-state index in [1.165, 1.54) is 11.3 Å². The predicted molar refractivity (Wildman–Crippen MR) is 41.9 cm³/mol. The van der Waals surface area contributed by atoms with Crippen LogP contribution >= 0.6 is 11.3 Å². The Morgan fingerprint density at radius 1 is 1.46 bits per heavy atom. The average molecular weight is 205 g/mol. The molecule has 0 N–H and O–H groups in total. The molecule has 1 unspecified atom stereocenters. The van der Waals surface area contributed by atoms with Gasteiger partial charge in [0.05, 0.1) is 0 Å². The zero-order valence-electron chi connectivity index (χ0n) is 6.89. The molecule has 6 heteroatoms. The topological polar surface area (TPSA) is 57.5 Å². The van der Waals surface area contributed by atoms with Crippen molar-refractivity contribution in [2.24, 2.45) is 0 Å². The van der Waals surface area contributed by atoms with Crippen LogP contribution in [-0.2, 0) is 9.53 Å². The Morgan fingerprint density at radius 2 is 2.23 bits per heavy atom. The number of ether oxygens (including phenoxy) is 1. The van der Waals surface area contributed by atoms with Crippen molar-refractivity contribution in [3.05, 3.63) is 27.7 Å². The van der Waals surface area contributed by atoms with Crippen LogP contribution in [0.4, 0.5) is 4.79 Å². The van der Waals surface area contributed by atoms with E-state index in [2.05, 4.69) is 10.1 Å². The minimum atomic E-state index is -0.802. The van der Waals surface area contributed by atoms with E-state index in [1.54, 1.807) is 11.4 Å². The summed E-state index contributed by atoms with van der Waals surface area (Å²) in [7, 11) is 0. The zero-order valence-corrected chi connectivity index (χ0v) is 9.71. The molecule has 2 amide bonds. The molecular formula is C7H4NNaO3S. The minimum absolute atomic E-state index is 0. The molecule has 1 fully saturated rings. The van der Waals surface area contributed by atoms with Crippen LogP contribution in [0.3, 0.4) is 0 Å². The van der Waals surface area contributed by atoms with Crippen molar-refractivity contribution in [1.29, 1.82) is 0 Å². The third-order valence-corrected chi connectivity index (χ3v) is 2.19. The van der Waals surface area contributed by atoms with Crippen molar-refractivity contribution in [1.82, 2.24) is 0 Å². The summed E-state index contributed by atoms with van der Waals surface area (Å²) in [5.74, 6) is -0.515. The normalized spacial score (nSPS) is 20.5. The van der Waals surface area contributed by atoms with E-state index in [0.29, 0.717) is 5.56 Å². The van der Waals surface area contributed by atoms with Crippen LogP contribution in [0.5, 0.6) is 0 Å². The second-order valence-corrected chi connectivity index (χ2v) is 3.05. The number of rotatable bonds is 1. The van der Waals surface area contributed by atoms with Gasteiger partial charge < -0.3 is 14.8 Å². The summed E-state index contributed by atoms with van der Waals surface area (Å²) in [6.45, 7) is 0. The quantitative estimate of drug-likeness (QED) is 0.543. The van der Waals surface area contributed by atoms with Crippen molar-refractivity contribution in [3.8, 4) is 0 Å². The van der Waals surface area contributed by atoms with Crippen LogP contribution in [0.15, 0.2) is 16.8 Å². The maximum Gasteiger partial charge on any atom is 1.00 e. The monoisotopic (exact) mass is 205 g/mol. The van der Waals surface area contributed by atoms with Gasteiger partial charge in [-0.3, -0.25) is 4.79 Å². The first-order valence-electron chi connectivity index (χ1n) is 3.25. The summed E-state index contributed by atoms with van der Waals surface area (Å²) < 4.78 is 4.67. The summed E-state index contributed by atoms with van der Waals surface area (Å²) in [6.07, 6.45) is -1.60. The van der Waals surface area contributed by atoms with E-state index in [0.717, 1.165) is 0 Å². The average Bonchev–Trinajstić information content (AvgIpc) is 2.58. The summed E-state index contributed by atoms with van der Waals surface area (Å²) >= 11 is 1.44. The molecule has 1 aliphatic rings. The molecular weight excluding hydrogens is 201 g/mol. The van der Waals surface area contributed by atoms with E-state index < -0.39 is 18.1 Å². The van der Waals surface area contributed by atoms with Crippen LogP contribution < -0.4 is 29.6 Å². The van der Waals surface area contributed by atoms with Crippen LogP contribution in [0.2, 0.25) is 0 Å². The van der Waals surface area contributed by atoms with Gasteiger partial charge in [0.25, 0.3) is 0 Å². The fourth-order valence-corrected chi connectivity index (χ4v) is 1.63. The minimum Gasteiger partial charge on any atom is -0.556 e. The Morgan fingerprint density at radius 3 is 2.69 bits per heavy atom. The predicted octanol–water partition coefficient (Wildman–Crippen LogP) is -1.16. The second-order valence-electron chi connectivity index (χ2n) is 2.27. The van der Waals surface area contributed by atoms with E-state index >= 15 is 0 Å². The Balaban J connectivity index is 0.000000845. The number of thiophene rings is 1. The number of hydrogen-bond acceptors (Lipinski definition) is 4. The first-order chi connectivity index (χ1) is 5.77. The fraction of sp³-hybridized carbons (Fsp3) is 0.143. The molecule has 1 aromatic rings. The third-order valence-electron chi connectivity index (χ3n) is 1.49. The first kappa shape index (κ1) is 10.7. The van der Waals surface area contributed by atoms with E-state index in [-0.39, 0.29) is 29.6 Å². The van der Waals surface area contributed by atoms with Gasteiger partial charge in [-0.05, 0) is 16.8 Å². The van der Waals surface area contributed by atoms with Crippen molar-refractivity contribution in [3.63, 3.8) is 0 Å². The number of amides is 2. The summed E-state index contributed by atoms with van der Waals surface area (Å²) in [6, 6.07) is 1.74. The van der Waals surface area contributed by atoms with Gasteiger partial charge in [-0.2, -0.15) is 11.3 Å². The third kappa shape index (κ3) is 2.11. The fourth-order valence-electron chi connectivity index (χ4n) is 0.961. The van der Waals surface area contributed by atoms with Crippen molar-refractivity contribution < 1.29 is 43.9 Å². The van der Waals surface area contributed by atoms with Crippen LogP contribution in [0, 0.1) is 0 Å². The van der Waals surface area contributed by atoms with Gasteiger partial charge in [0.1, 0.15) is 5.91 Å². The molecule has 1 aliphatic heterocycles. The number of carbonyl (C=O) groups excluding carboxylic acids is 2. The van der Waals surface area contributed by atoms with E-state index in [1.807, 2.05) is 5.38 Å². The van der Waals surface area contributed by atoms with Crippen LogP contribution in [-0.4, -0.2) is 12.0 Å². The van der Waals surface area contributed by atoms with Crippen molar-refractivity contribution in [2.75, 3.05) is 0 Å². The number of carbonyl (C=O) groups is 2. The molecule has 0 saturated carbocycles.